The molecule has 0 atom stereocenters. The molecule has 10 heteroatoms. The summed E-state index contributed by atoms with van der Waals surface area (Å²) in [4.78, 5) is 3.54. The maximum atomic E-state index is 12.8. The standard InChI is InChI=1S/C12H14F3N3O3S/c13-3-9(4-16)6-21-11-2-1-10(5-17-11)22(19,20)18-7-12(14,15)8-18/h1-3,5H,4,6-8,16H2/b9-3+. The fourth-order valence-corrected chi connectivity index (χ4v) is 3.14. The molecule has 1 aromatic rings. The summed E-state index contributed by atoms with van der Waals surface area (Å²) < 4.78 is 67.6. The molecule has 2 N–H and O–H groups in total. The zero-order chi connectivity index (χ0) is 16.4. The highest BCUT2D eigenvalue weighted by molar-refractivity contribution is 7.89. The smallest absolute Gasteiger partial charge is 0.275 e. The molecule has 0 amide bonds. The van der Waals surface area contributed by atoms with Gasteiger partial charge in [0, 0.05) is 18.2 Å². The van der Waals surface area contributed by atoms with Crippen LogP contribution in [0.1, 0.15) is 0 Å². The van der Waals surface area contributed by atoms with E-state index in [0.717, 1.165) is 6.20 Å². The van der Waals surface area contributed by atoms with E-state index in [1.165, 1.54) is 12.1 Å². The van der Waals surface area contributed by atoms with Crippen molar-refractivity contribution in [2.24, 2.45) is 5.73 Å². The zero-order valence-electron chi connectivity index (χ0n) is 11.4. The van der Waals surface area contributed by atoms with Gasteiger partial charge in [-0.25, -0.2) is 26.6 Å². The molecule has 22 heavy (non-hydrogen) atoms. The molecule has 1 fully saturated rings. The van der Waals surface area contributed by atoms with Gasteiger partial charge in [-0.2, -0.15) is 4.31 Å². The Morgan fingerprint density at radius 1 is 1.45 bits per heavy atom. The largest absolute Gasteiger partial charge is 0.473 e. The van der Waals surface area contributed by atoms with Crippen LogP contribution in [0.25, 0.3) is 0 Å². The van der Waals surface area contributed by atoms with Crippen molar-refractivity contribution in [1.82, 2.24) is 9.29 Å². The summed E-state index contributed by atoms with van der Waals surface area (Å²) >= 11 is 0. The number of halogens is 3. The Bertz CT molecular complexity index is 654. The summed E-state index contributed by atoms with van der Waals surface area (Å²) in [7, 11) is -3.99. The average molecular weight is 337 g/mol. The van der Waals surface area contributed by atoms with Crippen molar-refractivity contribution in [3.63, 3.8) is 0 Å². The molecule has 0 aromatic carbocycles. The van der Waals surface area contributed by atoms with Crippen molar-refractivity contribution in [3.05, 3.63) is 30.2 Å². The van der Waals surface area contributed by atoms with Crippen molar-refractivity contribution in [3.8, 4) is 5.88 Å². The van der Waals surface area contributed by atoms with E-state index in [9.17, 15) is 21.6 Å². The van der Waals surface area contributed by atoms with Gasteiger partial charge in [-0.1, -0.05) is 0 Å². The summed E-state index contributed by atoms with van der Waals surface area (Å²) in [6.45, 7) is -1.82. The summed E-state index contributed by atoms with van der Waals surface area (Å²) in [5.41, 5.74) is 5.46. The van der Waals surface area contributed by atoms with E-state index in [1.54, 1.807) is 0 Å². The van der Waals surface area contributed by atoms with Gasteiger partial charge in [-0.3, -0.25) is 0 Å². The van der Waals surface area contributed by atoms with Crippen LogP contribution < -0.4 is 10.5 Å². The monoisotopic (exact) mass is 337 g/mol. The Balaban J connectivity index is 2.03. The molecule has 0 saturated carbocycles. The highest BCUT2D eigenvalue weighted by Gasteiger charge is 2.49. The summed E-state index contributed by atoms with van der Waals surface area (Å²) in [6, 6.07) is 2.45. The molecule has 0 spiro atoms. The Labute approximate surface area is 125 Å². The van der Waals surface area contributed by atoms with Gasteiger partial charge >= 0.3 is 0 Å². The quantitative estimate of drug-likeness (QED) is 0.834. The number of nitrogens with two attached hydrogens (primary N) is 1. The van der Waals surface area contributed by atoms with E-state index in [4.69, 9.17) is 10.5 Å². The van der Waals surface area contributed by atoms with Crippen molar-refractivity contribution < 1.29 is 26.3 Å². The van der Waals surface area contributed by atoms with Crippen LogP contribution in [0.3, 0.4) is 0 Å². The van der Waals surface area contributed by atoms with E-state index in [2.05, 4.69) is 4.98 Å². The van der Waals surface area contributed by atoms with Crippen molar-refractivity contribution >= 4 is 10.0 Å². The van der Waals surface area contributed by atoms with Crippen LogP contribution >= 0.6 is 0 Å². The first-order chi connectivity index (χ1) is 10.3. The number of hydrogen-bond donors (Lipinski definition) is 1. The van der Waals surface area contributed by atoms with Gasteiger partial charge in [0.05, 0.1) is 25.6 Å². The molecule has 0 radical (unpaired) electrons. The average Bonchev–Trinajstić information content (AvgIpc) is 2.46. The molecular formula is C12H14F3N3O3S. The highest BCUT2D eigenvalue weighted by Crippen LogP contribution is 2.32. The number of pyridine rings is 1. The third kappa shape index (κ3) is 3.57. The second-order valence-corrected chi connectivity index (χ2v) is 6.66. The van der Waals surface area contributed by atoms with Crippen molar-refractivity contribution in [2.75, 3.05) is 26.2 Å². The van der Waals surface area contributed by atoms with Gasteiger partial charge in [0.1, 0.15) is 11.5 Å². The first-order valence-corrected chi connectivity index (χ1v) is 7.67. The van der Waals surface area contributed by atoms with Crippen LogP contribution in [0.15, 0.2) is 35.1 Å². The van der Waals surface area contributed by atoms with Crippen molar-refractivity contribution in [2.45, 2.75) is 10.8 Å². The number of sulfonamides is 1. The Kier molecular flexibility index (Phi) is 4.73. The van der Waals surface area contributed by atoms with Crippen molar-refractivity contribution in [1.29, 1.82) is 0 Å². The minimum atomic E-state index is -3.99. The van der Waals surface area contributed by atoms with Crippen LogP contribution in [0.5, 0.6) is 5.88 Å². The van der Waals surface area contributed by atoms with E-state index in [-0.39, 0.29) is 29.5 Å². The molecule has 2 heterocycles. The van der Waals surface area contributed by atoms with E-state index < -0.39 is 29.0 Å². The van der Waals surface area contributed by atoms with Gasteiger partial charge < -0.3 is 10.5 Å². The topological polar surface area (TPSA) is 85.5 Å². The third-order valence-electron chi connectivity index (χ3n) is 2.98. The highest BCUT2D eigenvalue weighted by atomic mass is 32.2. The van der Waals surface area contributed by atoms with Gasteiger partial charge in [0.25, 0.3) is 5.92 Å². The second kappa shape index (κ2) is 6.23. The molecule has 1 aliphatic heterocycles. The molecule has 2 rings (SSSR count). The normalized spacial score (nSPS) is 18.8. The lowest BCUT2D eigenvalue weighted by atomic mass is 10.2. The van der Waals surface area contributed by atoms with Crippen LogP contribution in [-0.2, 0) is 10.0 Å². The minimum absolute atomic E-state index is 0.0217. The molecular weight excluding hydrogens is 323 g/mol. The fourth-order valence-electron chi connectivity index (χ4n) is 1.70. The van der Waals surface area contributed by atoms with Crippen LogP contribution in [-0.4, -0.2) is 49.9 Å². The molecule has 0 bridgehead atoms. The maximum absolute atomic E-state index is 12.8. The SMILES string of the molecule is NC/C(=C\F)COc1ccc(S(=O)(=O)N2CC(F)(F)C2)cn1. The minimum Gasteiger partial charge on any atom is -0.473 e. The molecule has 6 nitrogen and oxygen atoms in total. The van der Waals surface area contributed by atoms with E-state index >= 15 is 0 Å². The number of hydrogen-bond acceptors (Lipinski definition) is 5. The number of ether oxygens (including phenoxy) is 1. The van der Waals surface area contributed by atoms with Crippen LogP contribution in [0.4, 0.5) is 13.2 Å². The molecule has 1 aliphatic rings. The Morgan fingerprint density at radius 3 is 2.59 bits per heavy atom. The van der Waals surface area contributed by atoms with Gasteiger partial charge in [-0.15, -0.1) is 0 Å². The Morgan fingerprint density at radius 2 is 2.14 bits per heavy atom. The molecule has 122 valence electrons. The lowest BCUT2D eigenvalue weighted by Gasteiger charge is -2.37. The van der Waals surface area contributed by atoms with Gasteiger partial charge in [0.15, 0.2) is 0 Å². The third-order valence-corrected chi connectivity index (χ3v) is 4.76. The maximum Gasteiger partial charge on any atom is 0.275 e. The van der Waals surface area contributed by atoms with Gasteiger partial charge in [-0.05, 0) is 6.07 Å². The number of aromatic nitrogens is 1. The predicted molar refractivity (Wildman–Crippen MR) is 71.7 cm³/mol. The lowest BCUT2D eigenvalue weighted by Crippen LogP contribution is -2.58. The molecule has 0 aliphatic carbocycles. The molecule has 1 aromatic heterocycles. The zero-order valence-corrected chi connectivity index (χ0v) is 12.2. The summed E-state index contributed by atoms with van der Waals surface area (Å²) in [5, 5.41) is 0. The summed E-state index contributed by atoms with van der Waals surface area (Å²) in [5.74, 6) is -2.92. The predicted octanol–water partition coefficient (Wildman–Crippen LogP) is 0.912. The van der Waals surface area contributed by atoms with E-state index in [1.807, 2.05) is 0 Å². The number of alkyl halides is 2. The second-order valence-electron chi connectivity index (χ2n) is 4.72. The lowest BCUT2D eigenvalue weighted by molar-refractivity contribution is -0.0945. The first kappa shape index (κ1) is 16.7. The van der Waals surface area contributed by atoms with E-state index in [0.29, 0.717) is 10.6 Å². The summed E-state index contributed by atoms with van der Waals surface area (Å²) in [6.07, 6.45) is 1.32. The molecule has 0 unspecified atom stereocenters. The van der Waals surface area contributed by atoms with Gasteiger partial charge in [0.2, 0.25) is 15.9 Å². The van der Waals surface area contributed by atoms with Crippen LogP contribution in [0.2, 0.25) is 0 Å². The number of nitrogens with zero attached hydrogens (tertiary/aromatic N) is 2. The molecule has 1 saturated heterocycles. The first-order valence-electron chi connectivity index (χ1n) is 6.23. The fraction of sp³-hybridized carbons (Fsp3) is 0.417. The number of rotatable bonds is 6. The Hall–Kier alpha value is -1.65. The van der Waals surface area contributed by atoms with Crippen LogP contribution in [0, 0.1) is 0 Å².